The second-order valence-electron chi connectivity index (χ2n) is 6.81. The van der Waals surface area contributed by atoms with Gasteiger partial charge in [0.1, 0.15) is 17.7 Å². The zero-order valence-electron chi connectivity index (χ0n) is 15.7. The molecule has 5 rings (SSSR count). The molecule has 0 aliphatic heterocycles. The Kier molecular flexibility index (Phi) is 4.72. The molecule has 0 amide bonds. The maximum absolute atomic E-state index is 13.7. The summed E-state index contributed by atoms with van der Waals surface area (Å²) in [6, 6.07) is 14.2. The maximum atomic E-state index is 13.7. The van der Waals surface area contributed by atoms with Crippen LogP contribution in [0.3, 0.4) is 0 Å². The van der Waals surface area contributed by atoms with Crippen molar-refractivity contribution in [3.63, 3.8) is 0 Å². The van der Waals surface area contributed by atoms with Gasteiger partial charge in [0.15, 0.2) is 11.5 Å². The highest BCUT2D eigenvalue weighted by atomic mass is 35.5. The number of hydrogen-bond acceptors (Lipinski definition) is 5. The average Bonchev–Trinajstić information content (AvgIpc) is 3.24. The first-order valence-electron chi connectivity index (χ1n) is 9.41. The van der Waals surface area contributed by atoms with Crippen LogP contribution in [0.4, 0.5) is 10.2 Å². The summed E-state index contributed by atoms with van der Waals surface area (Å²) in [5.74, 6) is 0.345. The molecule has 6 nitrogen and oxygen atoms in total. The molecule has 5 aromatic rings. The van der Waals surface area contributed by atoms with Crippen LogP contribution < -0.4 is 5.32 Å². The molecule has 0 unspecified atom stereocenters. The third-order valence-electron chi connectivity index (χ3n) is 4.89. The van der Waals surface area contributed by atoms with Crippen molar-refractivity contribution in [2.45, 2.75) is 6.42 Å². The number of nitrogens with one attached hydrogen (secondary N) is 2. The van der Waals surface area contributed by atoms with Crippen LogP contribution in [0.25, 0.3) is 33.3 Å². The Labute approximate surface area is 176 Å². The fourth-order valence-electron chi connectivity index (χ4n) is 3.47. The summed E-state index contributed by atoms with van der Waals surface area (Å²) < 4.78 is 13.7. The van der Waals surface area contributed by atoms with Crippen molar-refractivity contribution in [2.24, 2.45) is 0 Å². The molecule has 2 aromatic carbocycles. The van der Waals surface area contributed by atoms with Gasteiger partial charge in [0.2, 0.25) is 0 Å². The number of pyridine rings is 1. The minimum Gasteiger partial charge on any atom is -0.368 e. The van der Waals surface area contributed by atoms with Crippen LogP contribution in [-0.2, 0) is 6.42 Å². The monoisotopic (exact) mass is 418 g/mol. The van der Waals surface area contributed by atoms with Gasteiger partial charge in [-0.15, -0.1) is 0 Å². The second kappa shape index (κ2) is 7.68. The predicted octanol–water partition coefficient (Wildman–Crippen LogP) is 5.02. The van der Waals surface area contributed by atoms with E-state index < -0.39 is 0 Å². The van der Waals surface area contributed by atoms with Crippen molar-refractivity contribution in [1.29, 1.82) is 0 Å². The van der Waals surface area contributed by atoms with E-state index in [1.165, 1.54) is 18.5 Å². The van der Waals surface area contributed by atoms with Gasteiger partial charge in [-0.2, -0.15) is 0 Å². The van der Waals surface area contributed by atoms with Gasteiger partial charge in [0.05, 0.1) is 17.5 Å². The maximum Gasteiger partial charge on any atom is 0.162 e. The summed E-state index contributed by atoms with van der Waals surface area (Å²) in [4.78, 5) is 20.4. The number of imidazole rings is 1. The smallest absolute Gasteiger partial charge is 0.162 e. The Morgan fingerprint density at radius 1 is 1.03 bits per heavy atom. The van der Waals surface area contributed by atoms with Gasteiger partial charge in [-0.25, -0.2) is 24.3 Å². The Balaban J connectivity index is 1.50. The minimum atomic E-state index is -0.318. The van der Waals surface area contributed by atoms with E-state index in [4.69, 9.17) is 16.6 Å². The molecule has 0 fully saturated rings. The number of nitrogens with zero attached hydrogens (tertiary/aromatic N) is 4. The molecule has 0 radical (unpaired) electrons. The topological polar surface area (TPSA) is 79.4 Å². The van der Waals surface area contributed by atoms with Crippen molar-refractivity contribution in [1.82, 2.24) is 24.9 Å². The van der Waals surface area contributed by atoms with E-state index in [1.807, 2.05) is 30.3 Å². The third-order valence-corrected chi connectivity index (χ3v) is 5.22. The lowest BCUT2D eigenvalue weighted by Crippen LogP contribution is -2.08. The van der Waals surface area contributed by atoms with Gasteiger partial charge in [-0.3, -0.25) is 0 Å². The van der Waals surface area contributed by atoms with E-state index in [9.17, 15) is 4.39 Å². The Morgan fingerprint density at radius 2 is 1.93 bits per heavy atom. The minimum absolute atomic E-state index is 0.318. The van der Waals surface area contributed by atoms with E-state index in [0.29, 0.717) is 40.5 Å². The number of halogens is 2. The summed E-state index contributed by atoms with van der Waals surface area (Å²) in [7, 11) is 0. The normalized spacial score (nSPS) is 11.3. The highest BCUT2D eigenvalue weighted by Crippen LogP contribution is 2.31. The molecule has 30 heavy (non-hydrogen) atoms. The van der Waals surface area contributed by atoms with Crippen LogP contribution in [-0.4, -0.2) is 31.5 Å². The Hall–Kier alpha value is -3.58. The van der Waals surface area contributed by atoms with Crippen LogP contribution >= 0.6 is 11.6 Å². The standard InChI is InChI=1S/C22H16ClFN6/c23-17-4-2-1-3-16(17)19-14(9-13-5-6-15(24)10-18(13)30-19)7-8-25-21-20-22(27-11-26-20)29-12-28-21/h1-6,9-12H,7-8H2,(H2,25,26,27,28,29). The van der Waals surface area contributed by atoms with Gasteiger partial charge in [-0.05, 0) is 36.2 Å². The SMILES string of the molecule is Fc1ccc2cc(CCNc3ncnc4[nH]cnc34)c(-c3ccccc3Cl)nc2c1. The molecule has 0 aliphatic carbocycles. The molecule has 2 N–H and O–H groups in total. The Morgan fingerprint density at radius 3 is 2.83 bits per heavy atom. The fraction of sp³-hybridized carbons (Fsp3) is 0.0909. The zero-order chi connectivity index (χ0) is 20.5. The summed E-state index contributed by atoms with van der Waals surface area (Å²) in [5, 5.41) is 4.79. The lowest BCUT2D eigenvalue weighted by atomic mass is 10.0. The second-order valence-corrected chi connectivity index (χ2v) is 7.22. The number of anilines is 1. The summed E-state index contributed by atoms with van der Waals surface area (Å²) >= 11 is 6.44. The van der Waals surface area contributed by atoms with Gasteiger partial charge in [-0.1, -0.05) is 29.8 Å². The molecule has 3 aromatic heterocycles. The third kappa shape index (κ3) is 3.44. The molecule has 0 saturated heterocycles. The number of aromatic nitrogens is 5. The first-order chi connectivity index (χ1) is 14.7. The molecule has 3 heterocycles. The van der Waals surface area contributed by atoms with Crippen LogP contribution in [0.15, 0.2) is 61.2 Å². The van der Waals surface area contributed by atoms with Crippen LogP contribution in [0, 0.1) is 5.82 Å². The summed E-state index contributed by atoms with van der Waals surface area (Å²) in [6.07, 6.45) is 3.74. The lowest BCUT2D eigenvalue weighted by Gasteiger charge is -2.13. The molecule has 0 aliphatic rings. The average molecular weight is 419 g/mol. The predicted molar refractivity (Wildman–Crippen MR) is 116 cm³/mol. The number of aromatic amines is 1. The number of hydrogen-bond donors (Lipinski definition) is 2. The summed E-state index contributed by atoms with van der Waals surface area (Å²) in [6.45, 7) is 0.602. The quantitative estimate of drug-likeness (QED) is 0.419. The largest absolute Gasteiger partial charge is 0.368 e. The van der Waals surface area contributed by atoms with E-state index in [-0.39, 0.29) is 5.82 Å². The number of H-pyrrole nitrogens is 1. The molecule has 8 heteroatoms. The van der Waals surface area contributed by atoms with Gasteiger partial charge in [0.25, 0.3) is 0 Å². The van der Waals surface area contributed by atoms with E-state index >= 15 is 0 Å². The molecule has 0 bridgehead atoms. The van der Waals surface area contributed by atoms with Crippen LogP contribution in [0.1, 0.15) is 5.56 Å². The molecule has 0 spiro atoms. The summed E-state index contributed by atoms with van der Waals surface area (Å²) in [5.41, 5.74) is 4.53. The Bertz CT molecular complexity index is 1370. The van der Waals surface area contributed by atoms with Gasteiger partial charge < -0.3 is 10.3 Å². The van der Waals surface area contributed by atoms with Crippen LogP contribution in [0.2, 0.25) is 5.02 Å². The molecule has 0 saturated carbocycles. The van der Waals surface area contributed by atoms with Gasteiger partial charge in [0, 0.05) is 28.6 Å². The van der Waals surface area contributed by atoms with Crippen molar-refractivity contribution in [3.8, 4) is 11.3 Å². The highest BCUT2D eigenvalue weighted by Gasteiger charge is 2.13. The van der Waals surface area contributed by atoms with Crippen LogP contribution in [0.5, 0.6) is 0 Å². The fourth-order valence-corrected chi connectivity index (χ4v) is 3.70. The van der Waals surface area contributed by atoms with Crippen molar-refractivity contribution in [3.05, 3.63) is 77.6 Å². The van der Waals surface area contributed by atoms with Crippen molar-refractivity contribution in [2.75, 3.05) is 11.9 Å². The van der Waals surface area contributed by atoms with E-state index in [0.717, 1.165) is 22.2 Å². The van der Waals surface area contributed by atoms with E-state index in [2.05, 4.69) is 25.3 Å². The molecule has 148 valence electrons. The molecular weight excluding hydrogens is 403 g/mol. The number of rotatable bonds is 5. The first kappa shape index (κ1) is 18.4. The highest BCUT2D eigenvalue weighted by molar-refractivity contribution is 6.33. The molecular formula is C22H16ClFN6. The zero-order valence-corrected chi connectivity index (χ0v) is 16.5. The first-order valence-corrected chi connectivity index (χ1v) is 9.79. The number of benzene rings is 2. The van der Waals surface area contributed by atoms with Crippen molar-refractivity contribution < 1.29 is 4.39 Å². The lowest BCUT2D eigenvalue weighted by molar-refractivity contribution is 0.629. The van der Waals surface area contributed by atoms with Gasteiger partial charge >= 0.3 is 0 Å². The number of fused-ring (bicyclic) bond motifs is 2. The van der Waals surface area contributed by atoms with E-state index in [1.54, 1.807) is 12.4 Å². The van der Waals surface area contributed by atoms with Crippen molar-refractivity contribution >= 4 is 39.5 Å². The molecule has 0 atom stereocenters.